The average Bonchev–Trinajstić information content (AvgIpc) is 3.38. The predicted molar refractivity (Wildman–Crippen MR) is 196 cm³/mol. The highest BCUT2D eigenvalue weighted by atomic mass is 14.5. The van der Waals surface area contributed by atoms with E-state index in [0.29, 0.717) is 0 Å². The van der Waals surface area contributed by atoms with Crippen LogP contribution in [-0.2, 0) is 5.41 Å². The third-order valence-electron chi connectivity index (χ3n) is 11.2. The summed E-state index contributed by atoms with van der Waals surface area (Å²) in [5.41, 5.74) is 13.9. The van der Waals surface area contributed by atoms with Crippen LogP contribution >= 0.6 is 0 Å². The molecule has 2 aliphatic carbocycles. The van der Waals surface area contributed by atoms with Gasteiger partial charge in [-0.1, -0.05) is 147 Å². The van der Waals surface area contributed by atoms with Crippen LogP contribution in [0.1, 0.15) is 43.2 Å². The van der Waals surface area contributed by atoms with Gasteiger partial charge >= 0.3 is 0 Å². The molecule has 0 unspecified atom stereocenters. The number of hydrogen-bond acceptors (Lipinski definition) is 0. The van der Waals surface area contributed by atoms with Crippen molar-refractivity contribution in [1.82, 2.24) is 0 Å². The van der Waals surface area contributed by atoms with E-state index in [9.17, 15) is 0 Å². The molecule has 1 fully saturated rings. The maximum atomic E-state index is 2.57. The van der Waals surface area contributed by atoms with E-state index in [1.807, 2.05) is 0 Å². The summed E-state index contributed by atoms with van der Waals surface area (Å²) in [6, 6.07) is 55.1. The molecule has 0 heterocycles. The first kappa shape index (κ1) is 26.1. The number of rotatable bonds is 3. The lowest BCUT2D eigenvalue weighted by Gasteiger charge is -2.36. The summed E-state index contributed by atoms with van der Waals surface area (Å²) < 4.78 is 0. The largest absolute Gasteiger partial charge is 0.0622 e. The van der Waals surface area contributed by atoms with Gasteiger partial charge in [0.2, 0.25) is 0 Å². The smallest absolute Gasteiger partial charge is 0.0215 e. The molecule has 10 rings (SSSR count). The Hall–Kier alpha value is -5.20. The van der Waals surface area contributed by atoms with Crippen LogP contribution < -0.4 is 0 Å². The van der Waals surface area contributed by atoms with E-state index in [1.165, 1.54) is 114 Å². The fourth-order valence-electron chi connectivity index (χ4n) is 9.03. The van der Waals surface area contributed by atoms with Gasteiger partial charge in [0, 0.05) is 5.41 Å². The highest BCUT2D eigenvalue weighted by Crippen LogP contribution is 2.57. The minimum Gasteiger partial charge on any atom is -0.0622 e. The predicted octanol–water partition coefficient (Wildman–Crippen LogP) is 12.8. The highest BCUT2D eigenvalue weighted by molar-refractivity contribution is 6.25. The van der Waals surface area contributed by atoms with Crippen molar-refractivity contribution in [3.8, 4) is 44.5 Å². The summed E-state index contributed by atoms with van der Waals surface area (Å²) in [5, 5.41) is 8.11. The molecule has 1 saturated carbocycles. The van der Waals surface area contributed by atoms with Gasteiger partial charge in [-0.15, -0.1) is 0 Å². The van der Waals surface area contributed by atoms with E-state index in [1.54, 1.807) is 5.56 Å². The van der Waals surface area contributed by atoms with E-state index in [-0.39, 0.29) is 5.41 Å². The molecule has 8 aromatic carbocycles. The van der Waals surface area contributed by atoms with Crippen molar-refractivity contribution >= 4 is 32.3 Å². The zero-order valence-electron chi connectivity index (χ0n) is 25.9. The van der Waals surface area contributed by atoms with Crippen LogP contribution in [0.4, 0.5) is 0 Å². The lowest BCUT2D eigenvalue weighted by molar-refractivity contribution is 0.353. The van der Waals surface area contributed by atoms with Crippen LogP contribution in [0.5, 0.6) is 0 Å². The van der Waals surface area contributed by atoms with Crippen molar-refractivity contribution in [2.24, 2.45) is 0 Å². The van der Waals surface area contributed by atoms with Gasteiger partial charge in [0.15, 0.2) is 0 Å². The normalized spacial score (nSPS) is 15.1. The zero-order valence-corrected chi connectivity index (χ0v) is 25.9. The maximum absolute atomic E-state index is 2.57. The number of hydrogen-bond donors (Lipinski definition) is 0. The Bertz CT molecular complexity index is 2420. The van der Waals surface area contributed by atoms with Crippen LogP contribution in [-0.4, -0.2) is 0 Å². The molecule has 218 valence electrons. The minimum absolute atomic E-state index is 0.0791. The molecule has 0 saturated heterocycles. The second kappa shape index (κ2) is 9.90. The average molecular weight is 587 g/mol. The van der Waals surface area contributed by atoms with E-state index < -0.39 is 0 Å². The van der Waals surface area contributed by atoms with Gasteiger partial charge in [-0.2, -0.15) is 0 Å². The lowest BCUT2D eigenvalue weighted by Crippen LogP contribution is -2.28. The molecule has 46 heavy (non-hydrogen) atoms. The standard InChI is InChI=1S/C46H34/c1-3-9-30(10-4-1)34-13-8-14-35(27-34)36-19-22-39-40-23-20-37(29-43(40)46(42(39)28-36)25-5-2-6-26-46)38-21-17-33-16-15-31-11-7-12-32-18-24-41(38)45(33)44(31)32/h1,3-4,7-24,27-29H,2,5-6,25-26H2. The van der Waals surface area contributed by atoms with Crippen molar-refractivity contribution in [3.05, 3.63) is 157 Å². The molecule has 0 heteroatoms. The molecule has 1 spiro atoms. The summed E-state index contributed by atoms with van der Waals surface area (Å²) in [5.74, 6) is 0. The summed E-state index contributed by atoms with van der Waals surface area (Å²) in [6.45, 7) is 0. The Balaban J connectivity index is 1.13. The van der Waals surface area contributed by atoms with Crippen molar-refractivity contribution in [2.45, 2.75) is 37.5 Å². The summed E-state index contributed by atoms with van der Waals surface area (Å²) in [6.07, 6.45) is 6.36. The second-order valence-corrected chi connectivity index (χ2v) is 13.6. The molecule has 0 N–H and O–H groups in total. The molecule has 0 atom stereocenters. The molecule has 0 bridgehead atoms. The van der Waals surface area contributed by atoms with Crippen molar-refractivity contribution < 1.29 is 0 Å². The summed E-state index contributed by atoms with van der Waals surface area (Å²) in [4.78, 5) is 0. The first-order valence-electron chi connectivity index (χ1n) is 16.9. The van der Waals surface area contributed by atoms with Gasteiger partial charge in [-0.25, -0.2) is 0 Å². The SMILES string of the molecule is c1ccc(-c2cccc(-c3ccc4c(c3)C3(CCCCC3)c3cc(-c5ccc6ccc7cccc8ccc5c6c78)ccc3-4)c2)cc1. The van der Waals surface area contributed by atoms with Crippen molar-refractivity contribution in [3.63, 3.8) is 0 Å². The summed E-state index contributed by atoms with van der Waals surface area (Å²) in [7, 11) is 0. The van der Waals surface area contributed by atoms with Crippen LogP contribution in [0.25, 0.3) is 76.8 Å². The van der Waals surface area contributed by atoms with Crippen LogP contribution in [0.2, 0.25) is 0 Å². The summed E-state index contributed by atoms with van der Waals surface area (Å²) >= 11 is 0. The second-order valence-electron chi connectivity index (χ2n) is 13.6. The minimum atomic E-state index is 0.0791. The first-order chi connectivity index (χ1) is 22.8. The van der Waals surface area contributed by atoms with E-state index in [2.05, 4.69) is 146 Å². The Morgan fingerprint density at radius 2 is 0.891 bits per heavy atom. The van der Waals surface area contributed by atoms with Crippen LogP contribution in [0.3, 0.4) is 0 Å². The van der Waals surface area contributed by atoms with Gasteiger partial charge in [-0.05, 0) is 119 Å². The zero-order chi connectivity index (χ0) is 30.2. The molecule has 0 nitrogen and oxygen atoms in total. The Kier molecular flexibility index (Phi) is 5.61. The van der Waals surface area contributed by atoms with E-state index in [4.69, 9.17) is 0 Å². The Morgan fingerprint density at radius 1 is 0.348 bits per heavy atom. The Labute approximate surface area is 270 Å². The highest BCUT2D eigenvalue weighted by Gasteiger charge is 2.44. The lowest BCUT2D eigenvalue weighted by atomic mass is 9.67. The topological polar surface area (TPSA) is 0 Å². The molecule has 0 radical (unpaired) electrons. The van der Waals surface area contributed by atoms with Crippen molar-refractivity contribution in [1.29, 1.82) is 0 Å². The molecule has 0 aromatic heterocycles. The third-order valence-corrected chi connectivity index (χ3v) is 11.2. The maximum Gasteiger partial charge on any atom is 0.0215 e. The van der Waals surface area contributed by atoms with E-state index >= 15 is 0 Å². The Morgan fingerprint density at radius 3 is 1.65 bits per heavy atom. The molecular formula is C46H34. The molecular weight excluding hydrogens is 553 g/mol. The fraction of sp³-hybridized carbons (Fsp3) is 0.130. The van der Waals surface area contributed by atoms with E-state index in [0.717, 1.165) is 0 Å². The van der Waals surface area contributed by atoms with Gasteiger partial charge < -0.3 is 0 Å². The first-order valence-corrected chi connectivity index (χ1v) is 16.9. The van der Waals surface area contributed by atoms with Gasteiger partial charge in [0.05, 0.1) is 0 Å². The number of fused-ring (bicyclic) bond motifs is 5. The third kappa shape index (κ3) is 3.74. The molecule has 8 aromatic rings. The van der Waals surface area contributed by atoms with Crippen LogP contribution in [0.15, 0.2) is 146 Å². The van der Waals surface area contributed by atoms with Gasteiger partial charge in [0.25, 0.3) is 0 Å². The van der Waals surface area contributed by atoms with Crippen LogP contribution in [0, 0.1) is 0 Å². The van der Waals surface area contributed by atoms with Gasteiger partial charge in [0.1, 0.15) is 0 Å². The molecule has 0 aliphatic heterocycles. The van der Waals surface area contributed by atoms with Gasteiger partial charge in [-0.3, -0.25) is 0 Å². The monoisotopic (exact) mass is 586 g/mol. The quantitative estimate of drug-likeness (QED) is 0.181. The fourth-order valence-corrected chi connectivity index (χ4v) is 9.03. The number of benzene rings is 8. The van der Waals surface area contributed by atoms with Crippen molar-refractivity contribution in [2.75, 3.05) is 0 Å². The molecule has 0 amide bonds. The molecule has 2 aliphatic rings.